The van der Waals surface area contributed by atoms with Crippen LogP contribution in [0.5, 0.6) is 0 Å². The summed E-state index contributed by atoms with van der Waals surface area (Å²) in [6, 6.07) is 15.7. The first-order valence-electron chi connectivity index (χ1n) is 12.0. The molecule has 1 aromatic heterocycles. The molecule has 4 rings (SSSR count). The Balaban J connectivity index is 1.31. The third-order valence-electron chi connectivity index (χ3n) is 5.84. The molecule has 2 N–H and O–H groups in total. The molecule has 37 heavy (non-hydrogen) atoms. The molecule has 1 saturated heterocycles. The maximum absolute atomic E-state index is 15.0. The highest BCUT2D eigenvalue weighted by molar-refractivity contribution is 5.92. The van der Waals surface area contributed by atoms with E-state index in [1.807, 2.05) is 30.3 Å². The number of carbonyl (C=O) groups excluding carboxylic acids is 2. The van der Waals surface area contributed by atoms with Crippen LogP contribution in [0.4, 0.5) is 19.3 Å². The number of hydrogen-bond acceptors (Lipinski definition) is 5. The number of cyclic esters (lactones) is 1. The Hall–Kier alpha value is -4.11. The van der Waals surface area contributed by atoms with Crippen LogP contribution in [0.25, 0.3) is 17.2 Å². The molecule has 1 atom stereocenters. The van der Waals surface area contributed by atoms with Crippen molar-refractivity contribution in [2.45, 2.75) is 19.1 Å². The van der Waals surface area contributed by atoms with E-state index in [2.05, 4.69) is 15.6 Å². The smallest absolute Gasteiger partial charge is 0.414 e. The molecule has 3 aromatic rings. The molecule has 1 fully saturated rings. The van der Waals surface area contributed by atoms with Crippen molar-refractivity contribution >= 4 is 23.8 Å². The molecule has 1 unspecified atom stereocenters. The zero-order valence-corrected chi connectivity index (χ0v) is 20.2. The number of nitrogens with one attached hydrogen (secondary N) is 2. The molecule has 192 valence electrons. The number of amides is 2. The second-order valence-corrected chi connectivity index (χ2v) is 8.56. The van der Waals surface area contributed by atoms with Crippen LogP contribution in [-0.4, -0.2) is 49.4 Å². The Morgan fingerprint density at radius 3 is 2.76 bits per heavy atom. The Bertz CT molecular complexity index is 1240. The van der Waals surface area contributed by atoms with Gasteiger partial charge in [-0.1, -0.05) is 30.3 Å². The summed E-state index contributed by atoms with van der Waals surface area (Å²) in [5.74, 6) is -0.785. The fourth-order valence-corrected chi connectivity index (χ4v) is 3.89. The van der Waals surface area contributed by atoms with E-state index in [9.17, 15) is 18.4 Å². The van der Waals surface area contributed by atoms with Crippen molar-refractivity contribution in [3.63, 3.8) is 0 Å². The van der Waals surface area contributed by atoms with Crippen molar-refractivity contribution in [3.05, 3.63) is 90.0 Å². The topological polar surface area (TPSA) is 83.6 Å². The second-order valence-electron chi connectivity index (χ2n) is 8.56. The summed E-state index contributed by atoms with van der Waals surface area (Å²) >= 11 is 0. The predicted octanol–water partition coefficient (Wildman–Crippen LogP) is 4.49. The number of ether oxygens (including phenoxy) is 1. The molecular formula is C28H28F2N4O3. The van der Waals surface area contributed by atoms with Gasteiger partial charge in [0.05, 0.1) is 25.5 Å². The first kappa shape index (κ1) is 26.0. The maximum Gasteiger partial charge on any atom is 0.414 e. The van der Waals surface area contributed by atoms with Gasteiger partial charge in [-0.15, -0.1) is 0 Å². The van der Waals surface area contributed by atoms with Crippen LogP contribution >= 0.6 is 0 Å². The van der Waals surface area contributed by atoms with Crippen LogP contribution in [0.3, 0.4) is 0 Å². The van der Waals surface area contributed by atoms with Gasteiger partial charge in [0, 0.05) is 30.6 Å². The first-order valence-corrected chi connectivity index (χ1v) is 12.0. The molecule has 7 nitrogen and oxygen atoms in total. The SMILES string of the molecule is O=C(/C=C\c1cccnc1)NCC1CN(c2ccc(-c3ccc(CNCCCF)cc3)c(F)c2)C(=O)O1. The molecule has 0 bridgehead atoms. The zero-order valence-electron chi connectivity index (χ0n) is 20.2. The number of aromatic nitrogens is 1. The van der Waals surface area contributed by atoms with E-state index in [0.29, 0.717) is 36.3 Å². The summed E-state index contributed by atoms with van der Waals surface area (Å²) in [6.07, 6.45) is 5.62. The standard InChI is InChI=1S/C28H28F2N4O3/c29-12-2-14-32-17-21-4-7-22(8-5-21)25-10-9-23(15-26(25)30)34-19-24(37-28(34)36)18-33-27(35)11-6-20-3-1-13-31-16-20/h1,3-11,13,15-16,24,32H,2,12,14,17-19H2,(H,33,35)/b11-6-. The highest BCUT2D eigenvalue weighted by atomic mass is 19.1. The summed E-state index contributed by atoms with van der Waals surface area (Å²) in [6.45, 7) is 1.19. The summed E-state index contributed by atoms with van der Waals surface area (Å²) in [5, 5.41) is 5.86. The van der Waals surface area contributed by atoms with Gasteiger partial charge in [-0.25, -0.2) is 9.18 Å². The van der Waals surface area contributed by atoms with Crippen LogP contribution in [0.1, 0.15) is 17.5 Å². The Kier molecular flexibility index (Phi) is 8.93. The summed E-state index contributed by atoms with van der Waals surface area (Å²) in [7, 11) is 0. The number of nitrogens with zero attached hydrogens (tertiary/aromatic N) is 2. The highest BCUT2D eigenvalue weighted by Gasteiger charge is 2.32. The third kappa shape index (κ3) is 7.20. The lowest BCUT2D eigenvalue weighted by Crippen LogP contribution is -2.33. The first-order chi connectivity index (χ1) is 18.0. The molecule has 9 heteroatoms. The summed E-state index contributed by atoms with van der Waals surface area (Å²) in [5.41, 5.74) is 3.31. The van der Waals surface area contributed by atoms with Crippen LogP contribution in [0.15, 0.2) is 73.1 Å². The number of hydrogen-bond donors (Lipinski definition) is 2. The van der Waals surface area contributed by atoms with Gasteiger partial charge in [0.25, 0.3) is 0 Å². The minimum atomic E-state index is -0.595. The predicted molar refractivity (Wildman–Crippen MR) is 138 cm³/mol. The number of anilines is 1. The Morgan fingerprint density at radius 1 is 1.19 bits per heavy atom. The fraction of sp³-hybridized carbons (Fsp3) is 0.250. The second kappa shape index (κ2) is 12.7. The van der Waals surface area contributed by atoms with Gasteiger partial charge in [0.2, 0.25) is 5.91 Å². The van der Waals surface area contributed by atoms with E-state index in [0.717, 1.165) is 11.1 Å². The molecule has 0 spiro atoms. The molecular weight excluding hydrogens is 478 g/mol. The molecule has 0 radical (unpaired) electrons. The van der Waals surface area contributed by atoms with Crippen molar-refractivity contribution in [1.29, 1.82) is 0 Å². The van der Waals surface area contributed by atoms with Crippen LogP contribution in [0.2, 0.25) is 0 Å². The normalized spacial score (nSPS) is 15.2. The zero-order chi connectivity index (χ0) is 26.0. The van der Waals surface area contributed by atoms with Gasteiger partial charge in [0.15, 0.2) is 0 Å². The number of carbonyl (C=O) groups is 2. The van der Waals surface area contributed by atoms with E-state index >= 15 is 0 Å². The quantitative estimate of drug-likeness (QED) is 0.296. The van der Waals surface area contributed by atoms with Gasteiger partial charge in [-0.2, -0.15) is 0 Å². The fourth-order valence-electron chi connectivity index (χ4n) is 3.89. The third-order valence-corrected chi connectivity index (χ3v) is 5.84. The molecule has 2 heterocycles. The van der Waals surface area contributed by atoms with Gasteiger partial charge in [-0.05, 0) is 60.0 Å². The van der Waals surface area contributed by atoms with Crippen LogP contribution in [0, 0.1) is 5.82 Å². The lowest BCUT2D eigenvalue weighted by Gasteiger charge is -2.15. The van der Waals surface area contributed by atoms with Crippen LogP contribution in [-0.2, 0) is 16.1 Å². The Morgan fingerprint density at radius 2 is 2.03 bits per heavy atom. The number of rotatable bonds is 11. The van der Waals surface area contributed by atoms with E-state index in [-0.39, 0.29) is 25.7 Å². The van der Waals surface area contributed by atoms with Crippen molar-refractivity contribution in [1.82, 2.24) is 15.6 Å². The number of benzene rings is 2. The van der Waals surface area contributed by atoms with E-state index in [4.69, 9.17) is 4.74 Å². The van der Waals surface area contributed by atoms with E-state index < -0.39 is 18.0 Å². The van der Waals surface area contributed by atoms with Crippen molar-refractivity contribution in [3.8, 4) is 11.1 Å². The van der Waals surface area contributed by atoms with Crippen molar-refractivity contribution in [2.24, 2.45) is 0 Å². The van der Waals surface area contributed by atoms with Gasteiger partial charge >= 0.3 is 6.09 Å². The minimum absolute atomic E-state index is 0.133. The largest absolute Gasteiger partial charge is 0.442 e. The number of alkyl halides is 1. The van der Waals surface area contributed by atoms with Gasteiger partial charge < -0.3 is 15.4 Å². The molecule has 2 aromatic carbocycles. The lowest BCUT2D eigenvalue weighted by molar-refractivity contribution is -0.116. The van der Waals surface area contributed by atoms with Crippen molar-refractivity contribution < 1.29 is 23.1 Å². The minimum Gasteiger partial charge on any atom is -0.442 e. The molecule has 2 amide bonds. The Labute approximate surface area is 214 Å². The number of pyridine rings is 1. The molecule has 1 aliphatic rings. The molecule has 0 aliphatic carbocycles. The number of halogens is 2. The van der Waals surface area contributed by atoms with Gasteiger partial charge in [-0.3, -0.25) is 19.1 Å². The summed E-state index contributed by atoms with van der Waals surface area (Å²) in [4.78, 5) is 29.8. The molecule has 1 aliphatic heterocycles. The maximum atomic E-state index is 15.0. The average Bonchev–Trinajstić information content (AvgIpc) is 3.30. The van der Waals surface area contributed by atoms with Crippen molar-refractivity contribution in [2.75, 3.05) is 31.2 Å². The summed E-state index contributed by atoms with van der Waals surface area (Å²) < 4.78 is 32.5. The lowest BCUT2D eigenvalue weighted by atomic mass is 10.0. The monoisotopic (exact) mass is 506 g/mol. The highest BCUT2D eigenvalue weighted by Crippen LogP contribution is 2.29. The van der Waals surface area contributed by atoms with E-state index in [1.54, 1.807) is 36.7 Å². The van der Waals surface area contributed by atoms with Crippen LogP contribution < -0.4 is 15.5 Å². The average molecular weight is 507 g/mol. The van der Waals surface area contributed by atoms with E-state index in [1.165, 1.54) is 17.0 Å². The van der Waals surface area contributed by atoms with Gasteiger partial charge in [0.1, 0.15) is 11.9 Å². The molecule has 0 saturated carbocycles.